The summed E-state index contributed by atoms with van der Waals surface area (Å²) in [6.45, 7) is 3.44. The fraction of sp³-hybridized carbons (Fsp3) is 0.261. The Hall–Kier alpha value is -3.63. The first-order valence-electron chi connectivity index (χ1n) is 9.91. The van der Waals surface area contributed by atoms with Crippen LogP contribution in [0.15, 0.2) is 55.1 Å². The number of anilines is 1. The van der Waals surface area contributed by atoms with E-state index in [-0.39, 0.29) is 11.9 Å². The molecule has 30 heavy (non-hydrogen) atoms. The van der Waals surface area contributed by atoms with E-state index in [0.29, 0.717) is 12.1 Å². The topological polar surface area (TPSA) is 94.8 Å². The molecule has 0 aliphatic carbocycles. The molecular weight excluding hydrogens is 376 g/mol. The predicted molar refractivity (Wildman–Crippen MR) is 113 cm³/mol. The summed E-state index contributed by atoms with van der Waals surface area (Å²) in [5.41, 5.74) is 4.88. The van der Waals surface area contributed by atoms with E-state index in [1.165, 1.54) is 6.20 Å². The zero-order chi connectivity index (χ0) is 20.9. The molecule has 1 aromatic carbocycles. The lowest BCUT2D eigenvalue weighted by Gasteiger charge is -2.23. The van der Waals surface area contributed by atoms with Gasteiger partial charge in [0.2, 0.25) is 5.91 Å². The van der Waals surface area contributed by atoms with Crippen molar-refractivity contribution in [2.75, 3.05) is 11.9 Å². The summed E-state index contributed by atoms with van der Waals surface area (Å²) < 4.78 is 0. The Bertz CT molecular complexity index is 1090. The first-order valence-corrected chi connectivity index (χ1v) is 9.91. The molecule has 4 rings (SSSR count). The Balaban J connectivity index is 1.43. The maximum absolute atomic E-state index is 12.9. The average Bonchev–Trinajstić information content (AvgIpc) is 3.24. The lowest BCUT2D eigenvalue weighted by atomic mass is 10.1. The van der Waals surface area contributed by atoms with Crippen LogP contribution in [-0.4, -0.2) is 38.3 Å². The second-order valence-electron chi connectivity index (χ2n) is 7.36. The highest BCUT2D eigenvalue weighted by molar-refractivity contribution is 5.95. The van der Waals surface area contributed by atoms with Crippen molar-refractivity contribution in [3.63, 3.8) is 0 Å². The number of amides is 1. The minimum atomic E-state index is -0.178. The van der Waals surface area contributed by atoms with Crippen LogP contribution < -0.4 is 5.32 Å². The van der Waals surface area contributed by atoms with Gasteiger partial charge in [-0.05, 0) is 50.1 Å². The molecule has 3 heterocycles. The Morgan fingerprint density at radius 3 is 2.77 bits per heavy atom. The van der Waals surface area contributed by atoms with Gasteiger partial charge in [0.05, 0.1) is 23.0 Å². The van der Waals surface area contributed by atoms with Crippen LogP contribution in [0, 0.1) is 18.3 Å². The van der Waals surface area contributed by atoms with Crippen molar-refractivity contribution in [1.29, 1.82) is 5.26 Å². The number of rotatable bonds is 5. The highest BCUT2D eigenvalue weighted by Gasteiger charge is 2.31. The van der Waals surface area contributed by atoms with Crippen LogP contribution in [0.25, 0.3) is 11.1 Å². The largest absolute Gasteiger partial charge is 0.325 e. The van der Waals surface area contributed by atoms with E-state index in [1.807, 2.05) is 31.2 Å². The first kappa shape index (κ1) is 19.7. The van der Waals surface area contributed by atoms with Crippen molar-refractivity contribution >= 4 is 11.6 Å². The fourth-order valence-corrected chi connectivity index (χ4v) is 3.73. The number of nitrogens with one attached hydrogen (secondary N) is 1. The van der Waals surface area contributed by atoms with Gasteiger partial charge in [-0.1, -0.05) is 12.1 Å². The number of pyridine rings is 1. The zero-order valence-electron chi connectivity index (χ0n) is 16.7. The number of aryl methyl sites for hydroxylation is 1. The molecule has 150 valence electrons. The number of nitriles is 1. The van der Waals surface area contributed by atoms with E-state index in [4.69, 9.17) is 5.26 Å². The van der Waals surface area contributed by atoms with E-state index in [2.05, 4.69) is 31.2 Å². The first-order chi connectivity index (χ1) is 14.6. The number of carbonyl (C=O) groups excluding carboxylic acids is 1. The molecule has 0 spiro atoms. The fourth-order valence-electron chi connectivity index (χ4n) is 3.73. The Kier molecular flexibility index (Phi) is 5.77. The molecule has 1 aliphatic rings. The van der Waals surface area contributed by atoms with E-state index in [1.54, 1.807) is 24.7 Å². The molecule has 1 fully saturated rings. The van der Waals surface area contributed by atoms with Crippen molar-refractivity contribution in [3.8, 4) is 17.2 Å². The number of hydrogen-bond acceptors (Lipinski definition) is 6. The third-order valence-corrected chi connectivity index (χ3v) is 5.36. The van der Waals surface area contributed by atoms with Gasteiger partial charge in [-0.3, -0.25) is 24.6 Å². The number of likely N-dealkylation sites (tertiary alicyclic amines) is 1. The smallest absolute Gasteiger partial charge is 0.241 e. The van der Waals surface area contributed by atoms with Gasteiger partial charge < -0.3 is 5.32 Å². The van der Waals surface area contributed by atoms with Crippen LogP contribution in [0.5, 0.6) is 0 Å². The second kappa shape index (κ2) is 8.80. The van der Waals surface area contributed by atoms with E-state index in [9.17, 15) is 4.79 Å². The molecule has 1 amide bonds. The van der Waals surface area contributed by atoms with E-state index < -0.39 is 0 Å². The molecule has 0 radical (unpaired) electrons. The number of carbonyl (C=O) groups is 1. The number of nitrogens with zero attached hydrogens (tertiary/aromatic N) is 5. The maximum Gasteiger partial charge on any atom is 0.241 e. The molecule has 1 aliphatic heterocycles. The van der Waals surface area contributed by atoms with Crippen LogP contribution in [0.3, 0.4) is 0 Å². The van der Waals surface area contributed by atoms with Crippen molar-refractivity contribution in [2.24, 2.45) is 0 Å². The molecule has 1 saturated heterocycles. The normalized spacial score (nSPS) is 16.2. The van der Waals surface area contributed by atoms with Gasteiger partial charge in [0.15, 0.2) is 0 Å². The summed E-state index contributed by atoms with van der Waals surface area (Å²) in [5.74, 6) is -0.00469. The molecule has 7 nitrogen and oxygen atoms in total. The van der Waals surface area contributed by atoms with Gasteiger partial charge in [-0.25, -0.2) is 0 Å². The summed E-state index contributed by atoms with van der Waals surface area (Å²) in [7, 11) is 0. The molecule has 0 bridgehead atoms. The summed E-state index contributed by atoms with van der Waals surface area (Å²) in [4.78, 5) is 27.9. The minimum absolute atomic E-state index is 0.00469. The highest BCUT2D eigenvalue weighted by Crippen LogP contribution is 2.24. The second-order valence-corrected chi connectivity index (χ2v) is 7.36. The summed E-state index contributed by atoms with van der Waals surface area (Å²) in [6, 6.07) is 11.3. The summed E-state index contributed by atoms with van der Waals surface area (Å²) >= 11 is 0. The van der Waals surface area contributed by atoms with Crippen molar-refractivity contribution in [2.45, 2.75) is 32.4 Å². The molecule has 3 aromatic rings. The standard InChI is InChI=1S/C23H22N6O/c1-16-21(27-9-8-26-16)15-29-10-2-3-22(29)23(30)28-20-6-4-18(5-7-20)19-11-17(12-24)13-25-14-19/h4-9,11,13-14,22H,2-3,10,15H2,1H3,(H,28,30). The van der Waals surface area contributed by atoms with Crippen LogP contribution in [0.1, 0.15) is 29.8 Å². The van der Waals surface area contributed by atoms with Gasteiger partial charge in [-0.2, -0.15) is 5.26 Å². The van der Waals surface area contributed by atoms with Gasteiger partial charge in [0.1, 0.15) is 6.07 Å². The number of benzene rings is 1. The summed E-state index contributed by atoms with van der Waals surface area (Å²) in [6.07, 6.45) is 8.45. The van der Waals surface area contributed by atoms with Gasteiger partial charge in [0.25, 0.3) is 0 Å². The molecule has 1 atom stereocenters. The molecule has 2 aromatic heterocycles. The van der Waals surface area contributed by atoms with Gasteiger partial charge in [-0.15, -0.1) is 0 Å². The monoisotopic (exact) mass is 398 g/mol. The number of aromatic nitrogens is 3. The molecule has 1 unspecified atom stereocenters. The van der Waals surface area contributed by atoms with E-state index in [0.717, 1.165) is 47.6 Å². The SMILES string of the molecule is Cc1nccnc1CN1CCCC1C(=O)Nc1ccc(-c2cncc(C#N)c2)cc1. The van der Waals surface area contributed by atoms with Crippen molar-refractivity contribution in [1.82, 2.24) is 19.9 Å². The molecule has 1 N–H and O–H groups in total. The predicted octanol–water partition coefficient (Wildman–Crippen LogP) is 3.32. The van der Waals surface area contributed by atoms with Crippen molar-refractivity contribution < 1.29 is 4.79 Å². The Labute approximate surface area is 175 Å². The van der Waals surface area contributed by atoms with Crippen molar-refractivity contribution in [3.05, 3.63) is 72.1 Å². The minimum Gasteiger partial charge on any atom is -0.325 e. The third-order valence-electron chi connectivity index (χ3n) is 5.36. The van der Waals surface area contributed by atoms with Crippen LogP contribution in [-0.2, 0) is 11.3 Å². The Morgan fingerprint density at radius 2 is 2.00 bits per heavy atom. The molecule has 0 saturated carbocycles. The lowest BCUT2D eigenvalue weighted by Crippen LogP contribution is -2.39. The lowest BCUT2D eigenvalue weighted by molar-refractivity contribution is -0.120. The maximum atomic E-state index is 12.9. The quantitative estimate of drug-likeness (QED) is 0.708. The summed E-state index contributed by atoms with van der Waals surface area (Å²) in [5, 5.41) is 12.1. The highest BCUT2D eigenvalue weighted by atomic mass is 16.2. The molecule has 7 heteroatoms. The Morgan fingerprint density at radius 1 is 1.20 bits per heavy atom. The van der Waals surface area contributed by atoms with E-state index >= 15 is 0 Å². The van der Waals surface area contributed by atoms with Crippen LogP contribution in [0.4, 0.5) is 5.69 Å². The average molecular weight is 398 g/mol. The van der Waals surface area contributed by atoms with Crippen LogP contribution >= 0.6 is 0 Å². The van der Waals surface area contributed by atoms with Gasteiger partial charge >= 0.3 is 0 Å². The zero-order valence-corrected chi connectivity index (χ0v) is 16.7. The molecular formula is C23H22N6O. The number of hydrogen-bond donors (Lipinski definition) is 1. The van der Waals surface area contributed by atoms with Crippen LogP contribution in [0.2, 0.25) is 0 Å². The third kappa shape index (κ3) is 4.34. The van der Waals surface area contributed by atoms with Gasteiger partial charge in [0, 0.05) is 42.6 Å².